The van der Waals surface area contributed by atoms with Gasteiger partial charge in [0.1, 0.15) is 0 Å². The number of rotatable bonds is 3. The molecule has 1 fully saturated rings. The first-order valence-corrected chi connectivity index (χ1v) is 9.68. The molecular formula is C22H27N3O. The van der Waals surface area contributed by atoms with Crippen LogP contribution in [0.2, 0.25) is 0 Å². The zero-order valence-corrected chi connectivity index (χ0v) is 15.5. The van der Waals surface area contributed by atoms with Crippen molar-refractivity contribution in [1.82, 2.24) is 14.8 Å². The predicted octanol–water partition coefficient (Wildman–Crippen LogP) is 3.02. The van der Waals surface area contributed by atoms with Crippen molar-refractivity contribution < 1.29 is 4.79 Å². The van der Waals surface area contributed by atoms with Crippen LogP contribution in [0.15, 0.2) is 48.7 Å². The molecule has 1 saturated heterocycles. The lowest BCUT2D eigenvalue weighted by atomic mass is 9.74. The fraction of sp³-hybridized carbons (Fsp3) is 0.455. The summed E-state index contributed by atoms with van der Waals surface area (Å²) < 4.78 is 0. The molecule has 0 radical (unpaired) electrons. The standard InChI is InChI=1S/C22H27N3O/c1-18(26)25-15-9-19-6-2-3-8-21(19)22(25)11-16-24(17-12-22)14-10-20-7-4-5-13-23-20/h2-8,13H,9-12,14-17H2,1H3. The highest BCUT2D eigenvalue weighted by Gasteiger charge is 2.45. The molecular weight excluding hydrogens is 322 g/mol. The molecule has 0 unspecified atom stereocenters. The minimum absolute atomic E-state index is 0.109. The Morgan fingerprint density at radius 3 is 2.58 bits per heavy atom. The fourth-order valence-electron chi connectivity index (χ4n) is 4.75. The van der Waals surface area contributed by atoms with Gasteiger partial charge in [-0.25, -0.2) is 0 Å². The highest BCUT2D eigenvalue weighted by Crippen LogP contribution is 2.43. The lowest BCUT2D eigenvalue weighted by molar-refractivity contribution is -0.139. The van der Waals surface area contributed by atoms with Gasteiger partial charge in [0.2, 0.25) is 5.91 Å². The van der Waals surface area contributed by atoms with E-state index in [1.54, 1.807) is 6.92 Å². The van der Waals surface area contributed by atoms with Crippen LogP contribution >= 0.6 is 0 Å². The molecule has 2 aliphatic rings. The van der Waals surface area contributed by atoms with E-state index in [2.05, 4.69) is 51.2 Å². The van der Waals surface area contributed by atoms with Gasteiger partial charge in [0.25, 0.3) is 0 Å². The van der Waals surface area contributed by atoms with Crippen LogP contribution in [0.4, 0.5) is 0 Å². The molecule has 26 heavy (non-hydrogen) atoms. The molecule has 4 heteroatoms. The second-order valence-corrected chi connectivity index (χ2v) is 7.52. The quantitative estimate of drug-likeness (QED) is 0.855. The maximum atomic E-state index is 12.4. The van der Waals surface area contributed by atoms with E-state index >= 15 is 0 Å². The summed E-state index contributed by atoms with van der Waals surface area (Å²) in [7, 11) is 0. The lowest BCUT2D eigenvalue weighted by Gasteiger charge is -2.52. The first-order chi connectivity index (χ1) is 12.7. The van der Waals surface area contributed by atoms with Crippen molar-refractivity contribution in [2.45, 2.75) is 38.1 Å². The van der Waals surface area contributed by atoms with E-state index in [4.69, 9.17) is 0 Å². The summed E-state index contributed by atoms with van der Waals surface area (Å²) in [4.78, 5) is 21.5. The molecule has 0 saturated carbocycles. The summed E-state index contributed by atoms with van der Waals surface area (Å²) >= 11 is 0. The predicted molar refractivity (Wildman–Crippen MR) is 103 cm³/mol. The van der Waals surface area contributed by atoms with Gasteiger partial charge in [0, 0.05) is 51.4 Å². The van der Waals surface area contributed by atoms with Crippen molar-refractivity contribution in [3.63, 3.8) is 0 Å². The highest BCUT2D eigenvalue weighted by molar-refractivity contribution is 5.75. The van der Waals surface area contributed by atoms with Gasteiger partial charge in [-0.2, -0.15) is 0 Å². The van der Waals surface area contributed by atoms with E-state index in [1.165, 1.54) is 11.1 Å². The Hall–Kier alpha value is -2.20. The van der Waals surface area contributed by atoms with Gasteiger partial charge in [-0.3, -0.25) is 9.78 Å². The molecule has 4 rings (SSSR count). The number of benzene rings is 1. The molecule has 2 aromatic rings. The molecule has 1 aromatic heterocycles. The Morgan fingerprint density at radius 2 is 1.85 bits per heavy atom. The van der Waals surface area contributed by atoms with Crippen LogP contribution in [0.1, 0.15) is 36.6 Å². The molecule has 2 aliphatic heterocycles. The number of hydrogen-bond donors (Lipinski definition) is 0. The van der Waals surface area contributed by atoms with Crippen LogP contribution in [-0.2, 0) is 23.2 Å². The number of carbonyl (C=O) groups excluding carboxylic acids is 1. The van der Waals surface area contributed by atoms with Crippen LogP contribution in [0, 0.1) is 0 Å². The van der Waals surface area contributed by atoms with Crippen molar-refractivity contribution in [1.29, 1.82) is 0 Å². The van der Waals surface area contributed by atoms with Crippen molar-refractivity contribution in [2.24, 2.45) is 0 Å². The monoisotopic (exact) mass is 349 g/mol. The van der Waals surface area contributed by atoms with Crippen LogP contribution in [-0.4, -0.2) is 46.9 Å². The van der Waals surface area contributed by atoms with E-state index in [0.717, 1.165) is 57.6 Å². The fourth-order valence-corrected chi connectivity index (χ4v) is 4.75. The summed E-state index contributed by atoms with van der Waals surface area (Å²) in [6, 6.07) is 14.8. The number of nitrogens with zero attached hydrogens (tertiary/aromatic N) is 3. The van der Waals surface area contributed by atoms with Gasteiger partial charge in [0.05, 0.1) is 5.54 Å². The highest BCUT2D eigenvalue weighted by atomic mass is 16.2. The summed E-state index contributed by atoms with van der Waals surface area (Å²) in [5.74, 6) is 0.210. The van der Waals surface area contributed by atoms with Crippen LogP contribution in [0.25, 0.3) is 0 Å². The van der Waals surface area contributed by atoms with Crippen LogP contribution < -0.4 is 0 Å². The number of amides is 1. The summed E-state index contributed by atoms with van der Waals surface area (Å²) in [6.07, 6.45) is 5.86. The van der Waals surface area contributed by atoms with Crippen molar-refractivity contribution in [3.05, 3.63) is 65.5 Å². The van der Waals surface area contributed by atoms with Gasteiger partial charge in [-0.15, -0.1) is 0 Å². The Morgan fingerprint density at radius 1 is 1.08 bits per heavy atom. The topological polar surface area (TPSA) is 36.4 Å². The van der Waals surface area contributed by atoms with Gasteiger partial charge in [-0.05, 0) is 42.5 Å². The van der Waals surface area contributed by atoms with E-state index in [9.17, 15) is 4.79 Å². The molecule has 0 aliphatic carbocycles. The van der Waals surface area contributed by atoms with Gasteiger partial charge < -0.3 is 9.80 Å². The molecule has 4 nitrogen and oxygen atoms in total. The normalized spacial score (nSPS) is 19.3. The zero-order valence-electron chi connectivity index (χ0n) is 15.5. The minimum Gasteiger partial charge on any atom is -0.333 e. The smallest absolute Gasteiger partial charge is 0.220 e. The summed E-state index contributed by atoms with van der Waals surface area (Å²) in [6.45, 7) is 5.67. The third-order valence-corrected chi connectivity index (χ3v) is 6.11. The number of hydrogen-bond acceptors (Lipinski definition) is 3. The largest absolute Gasteiger partial charge is 0.333 e. The molecule has 0 bridgehead atoms. The molecule has 1 spiro atoms. The van der Waals surface area contributed by atoms with E-state index in [0.29, 0.717) is 0 Å². The van der Waals surface area contributed by atoms with Crippen molar-refractivity contribution in [3.8, 4) is 0 Å². The molecule has 136 valence electrons. The Bertz CT molecular complexity index is 766. The summed E-state index contributed by atoms with van der Waals surface area (Å²) in [5.41, 5.74) is 3.85. The Balaban J connectivity index is 1.49. The minimum atomic E-state index is -0.109. The van der Waals surface area contributed by atoms with E-state index in [1.807, 2.05) is 12.3 Å². The number of pyridine rings is 1. The summed E-state index contributed by atoms with van der Waals surface area (Å²) in [5, 5.41) is 0. The SMILES string of the molecule is CC(=O)N1CCc2ccccc2C12CCN(CCc1ccccn1)CC2. The van der Waals surface area contributed by atoms with Crippen molar-refractivity contribution >= 4 is 5.91 Å². The maximum absolute atomic E-state index is 12.4. The second-order valence-electron chi connectivity index (χ2n) is 7.52. The Kier molecular flexibility index (Phi) is 4.77. The third-order valence-electron chi connectivity index (χ3n) is 6.11. The average molecular weight is 349 g/mol. The lowest BCUT2D eigenvalue weighted by Crippen LogP contribution is -2.57. The number of piperidine rings is 1. The van der Waals surface area contributed by atoms with Crippen LogP contribution in [0.3, 0.4) is 0 Å². The van der Waals surface area contributed by atoms with Gasteiger partial charge >= 0.3 is 0 Å². The molecule has 1 aromatic carbocycles. The number of carbonyl (C=O) groups is 1. The number of likely N-dealkylation sites (tertiary alicyclic amines) is 1. The maximum Gasteiger partial charge on any atom is 0.220 e. The van der Waals surface area contributed by atoms with Crippen molar-refractivity contribution in [2.75, 3.05) is 26.2 Å². The molecule has 0 N–H and O–H groups in total. The first kappa shape index (κ1) is 17.2. The first-order valence-electron chi connectivity index (χ1n) is 9.68. The Labute approximate surface area is 155 Å². The average Bonchev–Trinajstić information content (AvgIpc) is 2.68. The molecule has 0 atom stereocenters. The molecule has 3 heterocycles. The second kappa shape index (κ2) is 7.20. The van der Waals surface area contributed by atoms with Gasteiger partial charge in [0.15, 0.2) is 0 Å². The van der Waals surface area contributed by atoms with Gasteiger partial charge in [-0.1, -0.05) is 30.3 Å². The molecule has 1 amide bonds. The number of fused-ring (bicyclic) bond motifs is 2. The van der Waals surface area contributed by atoms with E-state index < -0.39 is 0 Å². The zero-order chi connectivity index (χ0) is 18.0. The number of aromatic nitrogens is 1. The van der Waals surface area contributed by atoms with E-state index in [-0.39, 0.29) is 11.4 Å². The third kappa shape index (κ3) is 3.14. The van der Waals surface area contributed by atoms with Crippen LogP contribution in [0.5, 0.6) is 0 Å².